The molecule has 0 rings (SSSR count). The smallest absolute Gasteiger partial charge is 0.250 e. The Bertz CT molecular complexity index is 364. The van der Waals surface area contributed by atoms with Crippen LogP contribution in [-0.2, 0) is 23.9 Å². The highest BCUT2D eigenvalue weighted by molar-refractivity contribution is 5.88. The lowest BCUT2D eigenvalue weighted by Crippen LogP contribution is -2.47. The monoisotopic (exact) mass is 319 g/mol. The van der Waals surface area contributed by atoms with Crippen LogP contribution in [0.25, 0.3) is 0 Å². The molecule has 0 aromatic heterocycles. The molecule has 6 N–H and O–H groups in total. The summed E-state index contributed by atoms with van der Waals surface area (Å²) in [5, 5.41) is 12.0. The van der Waals surface area contributed by atoms with Crippen LogP contribution in [0.1, 0.15) is 19.8 Å². The van der Waals surface area contributed by atoms with Crippen LogP contribution < -0.4 is 16.8 Å². The van der Waals surface area contributed by atoms with Gasteiger partial charge in [0.2, 0.25) is 5.91 Å². The molecule has 0 saturated carbocycles. The lowest BCUT2D eigenvalue weighted by Gasteiger charge is -2.18. The Labute approximate surface area is 129 Å². The quantitative estimate of drug-likeness (QED) is 0.278. The molecule has 0 aromatic rings. The maximum Gasteiger partial charge on any atom is 0.250 e. The van der Waals surface area contributed by atoms with Gasteiger partial charge >= 0.3 is 0 Å². The summed E-state index contributed by atoms with van der Waals surface area (Å²) in [7, 11) is 0. The molecule has 9 nitrogen and oxygen atoms in total. The van der Waals surface area contributed by atoms with E-state index in [0.717, 1.165) is 0 Å². The molecule has 0 aliphatic carbocycles. The molecule has 0 bridgehead atoms. The molecular formula is C13H25N3O6. The van der Waals surface area contributed by atoms with E-state index in [1.807, 2.05) is 6.92 Å². The largest absolute Gasteiger partial charge is 0.382 e. The average molecular weight is 319 g/mol. The van der Waals surface area contributed by atoms with Crippen molar-refractivity contribution < 1.29 is 29.0 Å². The van der Waals surface area contributed by atoms with Gasteiger partial charge in [-0.1, -0.05) is 0 Å². The molecule has 0 heterocycles. The zero-order valence-electron chi connectivity index (χ0n) is 12.7. The van der Waals surface area contributed by atoms with Gasteiger partial charge in [-0.25, -0.2) is 0 Å². The van der Waals surface area contributed by atoms with Gasteiger partial charge in [0.15, 0.2) is 5.78 Å². The number of carbonyl (C=O) groups excluding carboxylic acids is 3. The van der Waals surface area contributed by atoms with E-state index < -0.39 is 29.7 Å². The number of ketones is 1. The van der Waals surface area contributed by atoms with Crippen LogP contribution in [0.2, 0.25) is 0 Å². The van der Waals surface area contributed by atoms with Crippen LogP contribution >= 0.6 is 0 Å². The topological polar surface area (TPSA) is 154 Å². The minimum atomic E-state index is -1.40. The van der Waals surface area contributed by atoms with E-state index >= 15 is 0 Å². The Kier molecular flexibility index (Phi) is 11.2. The van der Waals surface area contributed by atoms with Crippen LogP contribution in [0, 0.1) is 0 Å². The Morgan fingerprint density at radius 2 is 1.91 bits per heavy atom. The number of nitrogens with two attached hydrogens (primary N) is 2. The first kappa shape index (κ1) is 20.5. The molecule has 0 radical (unpaired) electrons. The second-order valence-electron chi connectivity index (χ2n) is 4.66. The number of primary amides is 1. The summed E-state index contributed by atoms with van der Waals surface area (Å²) >= 11 is 0. The van der Waals surface area contributed by atoms with Crippen LogP contribution in [0.15, 0.2) is 0 Å². The van der Waals surface area contributed by atoms with Gasteiger partial charge in [-0.15, -0.1) is 0 Å². The molecular weight excluding hydrogens is 294 g/mol. The SMILES string of the molecule is CCOCCCC(N)C(O)C(=O)NCC(=O)COCC(N)=O. The van der Waals surface area contributed by atoms with Crippen molar-refractivity contribution in [2.45, 2.75) is 31.9 Å². The number of ether oxygens (including phenoxy) is 2. The van der Waals surface area contributed by atoms with Crippen molar-refractivity contribution in [3.63, 3.8) is 0 Å². The van der Waals surface area contributed by atoms with E-state index in [2.05, 4.69) is 5.32 Å². The van der Waals surface area contributed by atoms with Gasteiger partial charge < -0.3 is 31.4 Å². The fourth-order valence-corrected chi connectivity index (χ4v) is 1.52. The van der Waals surface area contributed by atoms with Crippen molar-refractivity contribution in [1.29, 1.82) is 0 Å². The number of Topliss-reactive ketones (excluding diaryl/α,β-unsaturated/α-hetero) is 1. The molecule has 0 fully saturated rings. The summed E-state index contributed by atoms with van der Waals surface area (Å²) < 4.78 is 9.82. The van der Waals surface area contributed by atoms with E-state index in [9.17, 15) is 19.5 Å². The standard InChI is InChI=1S/C13H25N3O6/c1-2-21-5-3-4-10(14)12(19)13(20)16-6-9(17)7-22-8-11(15)18/h10,12,19H,2-8,14H2,1H3,(H2,15,18)(H,16,20). The number of nitrogens with one attached hydrogen (secondary N) is 1. The van der Waals surface area contributed by atoms with Gasteiger partial charge in [-0.3, -0.25) is 14.4 Å². The number of aliphatic hydroxyl groups excluding tert-OH is 1. The molecule has 0 aliphatic rings. The lowest BCUT2D eigenvalue weighted by atomic mass is 10.1. The van der Waals surface area contributed by atoms with Crippen molar-refractivity contribution in [3.8, 4) is 0 Å². The van der Waals surface area contributed by atoms with Crippen LogP contribution in [0.4, 0.5) is 0 Å². The number of hydrogen-bond acceptors (Lipinski definition) is 7. The second kappa shape index (κ2) is 12.0. The molecule has 9 heteroatoms. The first-order valence-electron chi connectivity index (χ1n) is 7.05. The fraction of sp³-hybridized carbons (Fsp3) is 0.769. The first-order valence-corrected chi connectivity index (χ1v) is 7.05. The summed E-state index contributed by atoms with van der Waals surface area (Å²) in [6.07, 6.45) is -0.357. The molecule has 2 amide bonds. The van der Waals surface area contributed by atoms with Crippen molar-refractivity contribution in [1.82, 2.24) is 5.32 Å². The summed E-state index contributed by atoms with van der Waals surface area (Å²) in [5.74, 6) is -1.87. The minimum absolute atomic E-state index is 0.319. The van der Waals surface area contributed by atoms with E-state index in [1.54, 1.807) is 0 Å². The van der Waals surface area contributed by atoms with Gasteiger partial charge in [0.1, 0.15) is 19.3 Å². The molecule has 2 unspecified atom stereocenters. The zero-order chi connectivity index (χ0) is 17.0. The molecule has 0 aliphatic heterocycles. The van der Waals surface area contributed by atoms with Crippen molar-refractivity contribution in [2.75, 3.05) is 33.0 Å². The fourth-order valence-electron chi connectivity index (χ4n) is 1.52. The molecule has 0 aromatic carbocycles. The van der Waals surface area contributed by atoms with Gasteiger partial charge in [0.05, 0.1) is 6.54 Å². The van der Waals surface area contributed by atoms with E-state index in [0.29, 0.717) is 26.1 Å². The van der Waals surface area contributed by atoms with Crippen LogP contribution in [0.3, 0.4) is 0 Å². The molecule has 2 atom stereocenters. The Morgan fingerprint density at radius 3 is 2.50 bits per heavy atom. The Morgan fingerprint density at radius 1 is 1.23 bits per heavy atom. The molecule has 0 spiro atoms. The predicted molar refractivity (Wildman–Crippen MR) is 77.7 cm³/mol. The van der Waals surface area contributed by atoms with Gasteiger partial charge in [-0.2, -0.15) is 0 Å². The van der Waals surface area contributed by atoms with Crippen LogP contribution in [0.5, 0.6) is 0 Å². The van der Waals surface area contributed by atoms with Gasteiger partial charge in [0, 0.05) is 19.3 Å². The highest BCUT2D eigenvalue weighted by Gasteiger charge is 2.22. The third-order valence-electron chi connectivity index (χ3n) is 2.67. The maximum absolute atomic E-state index is 11.6. The number of carbonyl (C=O) groups is 3. The molecule has 0 saturated heterocycles. The third-order valence-corrected chi connectivity index (χ3v) is 2.67. The maximum atomic E-state index is 11.6. The van der Waals surface area contributed by atoms with Crippen molar-refractivity contribution in [2.24, 2.45) is 11.5 Å². The molecule has 22 heavy (non-hydrogen) atoms. The number of amides is 2. The van der Waals surface area contributed by atoms with Crippen molar-refractivity contribution in [3.05, 3.63) is 0 Å². The van der Waals surface area contributed by atoms with Gasteiger partial charge in [-0.05, 0) is 19.8 Å². The highest BCUT2D eigenvalue weighted by atomic mass is 16.5. The van der Waals surface area contributed by atoms with Crippen LogP contribution in [-0.4, -0.2) is 67.8 Å². The van der Waals surface area contributed by atoms with Crippen molar-refractivity contribution >= 4 is 17.6 Å². The van der Waals surface area contributed by atoms with E-state index in [-0.39, 0.29) is 19.8 Å². The minimum Gasteiger partial charge on any atom is -0.382 e. The van der Waals surface area contributed by atoms with E-state index in [1.165, 1.54) is 0 Å². The number of rotatable bonds is 13. The summed E-state index contributed by atoms with van der Waals surface area (Å²) in [5.41, 5.74) is 10.5. The summed E-state index contributed by atoms with van der Waals surface area (Å²) in [6.45, 7) is 1.94. The zero-order valence-corrected chi connectivity index (χ0v) is 12.7. The highest BCUT2D eigenvalue weighted by Crippen LogP contribution is 2.01. The average Bonchev–Trinajstić information content (AvgIpc) is 2.47. The third kappa shape index (κ3) is 10.2. The number of hydrogen-bond donors (Lipinski definition) is 4. The summed E-state index contributed by atoms with van der Waals surface area (Å²) in [4.78, 5) is 33.4. The normalized spacial score (nSPS) is 13.4. The van der Waals surface area contributed by atoms with Gasteiger partial charge in [0.25, 0.3) is 5.91 Å². The van der Waals surface area contributed by atoms with E-state index in [4.69, 9.17) is 20.9 Å². The lowest BCUT2D eigenvalue weighted by molar-refractivity contribution is -0.134. The Balaban J connectivity index is 3.88. The molecule has 128 valence electrons. The predicted octanol–water partition coefficient (Wildman–Crippen LogP) is -2.32. The number of aliphatic hydroxyl groups is 1. The second-order valence-corrected chi connectivity index (χ2v) is 4.66. The summed E-state index contributed by atoms with van der Waals surface area (Å²) in [6, 6.07) is -0.735. The first-order chi connectivity index (χ1) is 10.4. The Hall–Kier alpha value is -1.55.